The highest BCUT2D eigenvalue weighted by Gasteiger charge is 2.16. The lowest BCUT2D eigenvalue weighted by Gasteiger charge is -2.14. The number of hydrogen-bond donors (Lipinski definition) is 2. The van der Waals surface area contributed by atoms with Crippen molar-refractivity contribution in [1.29, 1.82) is 0 Å². The average molecular weight is 285 g/mol. The molecule has 6 heteroatoms. The molecule has 0 bridgehead atoms. The summed E-state index contributed by atoms with van der Waals surface area (Å²) in [5.41, 5.74) is 0.513. The third-order valence-corrected chi connectivity index (χ3v) is 4.47. The zero-order valence-corrected chi connectivity index (χ0v) is 11.9. The predicted octanol–water partition coefficient (Wildman–Crippen LogP) is 2.56. The van der Waals surface area contributed by atoms with E-state index in [0.717, 1.165) is 12.8 Å². The van der Waals surface area contributed by atoms with Crippen LogP contribution in [0.3, 0.4) is 0 Å². The van der Waals surface area contributed by atoms with Gasteiger partial charge in [-0.25, -0.2) is 13.2 Å². The van der Waals surface area contributed by atoms with Gasteiger partial charge >= 0.3 is 5.97 Å². The highest BCUT2D eigenvalue weighted by Crippen LogP contribution is 2.15. The molecule has 0 saturated heterocycles. The first kappa shape index (κ1) is 15.5. The Bertz CT molecular complexity index is 518. The Labute approximate surface area is 113 Å². The van der Waals surface area contributed by atoms with Crippen molar-refractivity contribution >= 4 is 21.7 Å². The largest absolute Gasteiger partial charge is 0.478 e. The molecule has 0 aromatic heterocycles. The summed E-state index contributed by atoms with van der Waals surface area (Å²) in [6, 6.07) is 5.65. The molecule has 0 aliphatic carbocycles. The molecular formula is C13H19NO4S. The molecule has 1 aromatic carbocycles. The van der Waals surface area contributed by atoms with Gasteiger partial charge in [0.05, 0.1) is 11.3 Å². The fraction of sp³-hybridized carbons (Fsp3) is 0.462. The fourth-order valence-corrected chi connectivity index (χ4v) is 3.41. The van der Waals surface area contributed by atoms with Crippen molar-refractivity contribution in [3.63, 3.8) is 0 Å². The molecule has 2 N–H and O–H groups in total. The van der Waals surface area contributed by atoms with Gasteiger partial charge in [-0.05, 0) is 30.2 Å². The molecule has 0 fully saturated rings. The third kappa shape index (κ3) is 4.90. The maximum atomic E-state index is 11.9. The zero-order valence-electron chi connectivity index (χ0n) is 11.1. The van der Waals surface area contributed by atoms with Crippen LogP contribution in [-0.4, -0.2) is 25.2 Å². The number of sulfonamides is 1. The van der Waals surface area contributed by atoms with Gasteiger partial charge in [0.25, 0.3) is 0 Å². The van der Waals surface area contributed by atoms with Crippen LogP contribution in [0.25, 0.3) is 0 Å². The Hall–Kier alpha value is -1.56. The lowest BCUT2D eigenvalue weighted by Crippen LogP contribution is -2.22. The molecule has 0 spiro atoms. The molecule has 0 radical (unpaired) electrons. The summed E-state index contributed by atoms with van der Waals surface area (Å²) in [7, 11) is -3.39. The van der Waals surface area contributed by atoms with E-state index in [4.69, 9.17) is 5.11 Å². The lowest BCUT2D eigenvalue weighted by molar-refractivity contribution is 0.0697. The van der Waals surface area contributed by atoms with Gasteiger partial charge in [-0.3, -0.25) is 4.72 Å². The molecule has 1 aromatic rings. The fourth-order valence-electron chi connectivity index (χ4n) is 1.74. The number of carboxylic acid groups (broad SMARTS) is 1. The Kier molecular flexibility index (Phi) is 5.35. The van der Waals surface area contributed by atoms with Crippen molar-refractivity contribution in [2.75, 3.05) is 10.5 Å². The molecule has 1 rings (SSSR count). The number of aromatic carboxylic acids is 1. The van der Waals surface area contributed by atoms with Crippen LogP contribution in [0, 0.1) is 5.92 Å². The number of anilines is 1. The SMILES string of the molecule is CCC(CC)CS(=O)(=O)Nc1ccc(C(=O)O)cc1. The topological polar surface area (TPSA) is 83.5 Å². The second-order valence-corrected chi connectivity index (χ2v) is 6.22. The van der Waals surface area contributed by atoms with Gasteiger partial charge in [-0.1, -0.05) is 26.7 Å². The van der Waals surface area contributed by atoms with Gasteiger partial charge in [0, 0.05) is 5.69 Å². The van der Waals surface area contributed by atoms with Crippen molar-refractivity contribution in [3.8, 4) is 0 Å². The van der Waals surface area contributed by atoms with E-state index in [1.807, 2.05) is 13.8 Å². The number of rotatable bonds is 7. The molecular weight excluding hydrogens is 266 g/mol. The number of nitrogens with one attached hydrogen (secondary N) is 1. The van der Waals surface area contributed by atoms with E-state index in [2.05, 4.69) is 4.72 Å². The molecule has 0 saturated carbocycles. The van der Waals surface area contributed by atoms with E-state index < -0.39 is 16.0 Å². The first-order chi connectivity index (χ1) is 8.88. The summed E-state index contributed by atoms with van der Waals surface area (Å²) in [5, 5.41) is 8.75. The van der Waals surface area contributed by atoms with Crippen LogP contribution in [0.4, 0.5) is 5.69 Å². The Balaban J connectivity index is 2.75. The van der Waals surface area contributed by atoms with Crippen LogP contribution in [0.15, 0.2) is 24.3 Å². The van der Waals surface area contributed by atoms with E-state index in [9.17, 15) is 13.2 Å². The number of benzene rings is 1. The smallest absolute Gasteiger partial charge is 0.335 e. The first-order valence-electron chi connectivity index (χ1n) is 6.21. The highest BCUT2D eigenvalue weighted by atomic mass is 32.2. The van der Waals surface area contributed by atoms with E-state index in [-0.39, 0.29) is 17.2 Å². The highest BCUT2D eigenvalue weighted by molar-refractivity contribution is 7.92. The molecule has 0 aliphatic rings. The molecule has 0 heterocycles. The second kappa shape index (κ2) is 6.56. The van der Waals surface area contributed by atoms with Crippen LogP contribution >= 0.6 is 0 Å². The van der Waals surface area contributed by atoms with Gasteiger partial charge in [-0.15, -0.1) is 0 Å². The molecule has 0 aliphatic heterocycles. The van der Waals surface area contributed by atoms with E-state index >= 15 is 0 Å². The monoisotopic (exact) mass is 285 g/mol. The van der Waals surface area contributed by atoms with Crippen LogP contribution in [0.1, 0.15) is 37.0 Å². The van der Waals surface area contributed by atoms with E-state index in [0.29, 0.717) is 5.69 Å². The quantitative estimate of drug-likeness (QED) is 0.806. The van der Waals surface area contributed by atoms with Gasteiger partial charge in [0.1, 0.15) is 0 Å². The normalized spacial score (nSPS) is 11.5. The zero-order chi connectivity index (χ0) is 14.5. The minimum atomic E-state index is -3.39. The number of carbonyl (C=O) groups is 1. The van der Waals surface area contributed by atoms with Crippen molar-refractivity contribution < 1.29 is 18.3 Å². The molecule has 0 amide bonds. The van der Waals surface area contributed by atoms with E-state index in [1.165, 1.54) is 24.3 Å². The van der Waals surface area contributed by atoms with Gasteiger partial charge in [0.15, 0.2) is 0 Å². The van der Waals surface area contributed by atoms with E-state index in [1.54, 1.807) is 0 Å². The molecule has 0 unspecified atom stereocenters. The maximum absolute atomic E-state index is 11.9. The molecule has 0 atom stereocenters. The van der Waals surface area contributed by atoms with Gasteiger partial charge in [-0.2, -0.15) is 0 Å². The molecule has 106 valence electrons. The summed E-state index contributed by atoms with van der Waals surface area (Å²) in [5.74, 6) is -0.817. The number of carboxylic acids is 1. The summed E-state index contributed by atoms with van der Waals surface area (Å²) in [4.78, 5) is 10.7. The van der Waals surface area contributed by atoms with Gasteiger partial charge < -0.3 is 5.11 Å². The molecule has 19 heavy (non-hydrogen) atoms. The summed E-state index contributed by atoms with van der Waals surface area (Å²) >= 11 is 0. The van der Waals surface area contributed by atoms with Crippen LogP contribution < -0.4 is 4.72 Å². The Morgan fingerprint density at radius 2 is 1.74 bits per heavy atom. The summed E-state index contributed by atoms with van der Waals surface area (Å²) < 4.78 is 26.3. The number of hydrogen-bond acceptors (Lipinski definition) is 3. The maximum Gasteiger partial charge on any atom is 0.335 e. The third-order valence-electron chi connectivity index (χ3n) is 3.02. The Morgan fingerprint density at radius 3 is 2.16 bits per heavy atom. The van der Waals surface area contributed by atoms with Crippen molar-refractivity contribution in [2.45, 2.75) is 26.7 Å². The van der Waals surface area contributed by atoms with Crippen LogP contribution in [0.5, 0.6) is 0 Å². The minimum Gasteiger partial charge on any atom is -0.478 e. The van der Waals surface area contributed by atoms with Crippen molar-refractivity contribution in [3.05, 3.63) is 29.8 Å². The lowest BCUT2D eigenvalue weighted by atomic mass is 10.1. The van der Waals surface area contributed by atoms with Crippen LogP contribution in [0.2, 0.25) is 0 Å². The predicted molar refractivity (Wildman–Crippen MR) is 74.9 cm³/mol. The standard InChI is InChI=1S/C13H19NO4S/c1-3-10(4-2)9-19(17,18)14-12-7-5-11(6-8-12)13(15)16/h5-8,10,14H,3-4,9H2,1-2H3,(H,15,16). The first-order valence-corrected chi connectivity index (χ1v) is 7.87. The van der Waals surface area contributed by atoms with Gasteiger partial charge in [0.2, 0.25) is 10.0 Å². The van der Waals surface area contributed by atoms with Crippen LogP contribution in [-0.2, 0) is 10.0 Å². The average Bonchev–Trinajstić information content (AvgIpc) is 2.36. The Morgan fingerprint density at radius 1 is 1.21 bits per heavy atom. The second-order valence-electron chi connectivity index (χ2n) is 4.45. The van der Waals surface area contributed by atoms with Crippen molar-refractivity contribution in [2.24, 2.45) is 5.92 Å². The van der Waals surface area contributed by atoms with Crippen molar-refractivity contribution in [1.82, 2.24) is 0 Å². The molecule has 5 nitrogen and oxygen atoms in total. The minimum absolute atomic E-state index is 0.0840. The summed E-state index contributed by atoms with van der Waals surface area (Å²) in [6.07, 6.45) is 1.63. The summed E-state index contributed by atoms with van der Waals surface area (Å²) in [6.45, 7) is 3.93.